The molecule has 0 aromatic rings. The van der Waals surface area contributed by atoms with Gasteiger partial charge in [0, 0.05) is 20.0 Å². The van der Waals surface area contributed by atoms with Gasteiger partial charge in [-0.2, -0.15) is 0 Å². The standard InChI is InChI=1S/C11H18N2O3/c1-9(14)12-5-2-4-10(8-12)11(15)13-6-3-7-16-13/h10H,2-8H2,1H3. The predicted molar refractivity (Wildman–Crippen MR) is 57.3 cm³/mol. The number of rotatable bonds is 1. The fourth-order valence-electron chi connectivity index (χ4n) is 2.29. The van der Waals surface area contributed by atoms with Crippen LogP contribution in [0.25, 0.3) is 0 Å². The third kappa shape index (κ3) is 2.35. The van der Waals surface area contributed by atoms with Crippen LogP contribution in [0.1, 0.15) is 26.2 Å². The molecule has 2 amide bonds. The summed E-state index contributed by atoms with van der Waals surface area (Å²) in [7, 11) is 0. The number of carbonyl (C=O) groups is 2. The lowest BCUT2D eigenvalue weighted by molar-refractivity contribution is -0.175. The molecule has 0 saturated carbocycles. The molecule has 0 N–H and O–H groups in total. The molecule has 2 aliphatic heterocycles. The third-order valence-electron chi connectivity index (χ3n) is 3.21. The van der Waals surface area contributed by atoms with Crippen molar-refractivity contribution in [2.24, 2.45) is 5.92 Å². The zero-order valence-corrected chi connectivity index (χ0v) is 9.65. The van der Waals surface area contributed by atoms with Gasteiger partial charge in [0.15, 0.2) is 0 Å². The summed E-state index contributed by atoms with van der Waals surface area (Å²) in [6, 6.07) is 0. The molecule has 16 heavy (non-hydrogen) atoms. The van der Waals surface area contributed by atoms with Crippen molar-refractivity contribution in [2.45, 2.75) is 26.2 Å². The molecule has 90 valence electrons. The number of hydrogen-bond acceptors (Lipinski definition) is 3. The molecule has 2 rings (SSSR count). The van der Waals surface area contributed by atoms with Crippen molar-refractivity contribution in [3.63, 3.8) is 0 Å². The highest BCUT2D eigenvalue weighted by atomic mass is 16.7. The van der Waals surface area contributed by atoms with Gasteiger partial charge in [0.2, 0.25) is 5.91 Å². The zero-order valence-electron chi connectivity index (χ0n) is 9.65. The van der Waals surface area contributed by atoms with E-state index < -0.39 is 0 Å². The van der Waals surface area contributed by atoms with E-state index in [-0.39, 0.29) is 17.7 Å². The summed E-state index contributed by atoms with van der Waals surface area (Å²) in [6.45, 7) is 4.21. The van der Waals surface area contributed by atoms with Crippen LogP contribution in [0.4, 0.5) is 0 Å². The van der Waals surface area contributed by atoms with Gasteiger partial charge in [0.25, 0.3) is 5.91 Å². The summed E-state index contributed by atoms with van der Waals surface area (Å²) >= 11 is 0. The summed E-state index contributed by atoms with van der Waals surface area (Å²) in [5.41, 5.74) is 0. The smallest absolute Gasteiger partial charge is 0.251 e. The van der Waals surface area contributed by atoms with E-state index in [1.165, 1.54) is 5.06 Å². The van der Waals surface area contributed by atoms with Gasteiger partial charge in [-0.25, -0.2) is 5.06 Å². The molecule has 0 spiro atoms. The number of piperidine rings is 1. The van der Waals surface area contributed by atoms with E-state index in [4.69, 9.17) is 4.84 Å². The van der Waals surface area contributed by atoms with E-state index in [0.29, 0.717) is 19.7 Å². The van der Waals surface area contributed by atoms with E-state index in [9.17, 15) is 9.59 Å². The minimum atomic E-state index is -0.0734. The number of nitrogens with zero attached hydrogens (tertiary/aromatic N) is 2. The van der Waals surface area contributed by atoms with Crippen LogP contribution in [0, 0.1) is 5.92 Å². The fraction of sp³-hybridized carbons (Fsp3) is 0.818. The molecule has 0 aromatic heterocycles. The Hall–Kier alpha value is -1.10. The molecule has 2 heterocycles. The topological polar surface area (TPSA) is 49.9 Å². The quantitative estimate of drug-likeness (QED) is 0.650. The molecule has 2 saturated heterocycles. The van der Waals surface area contributed by atoms with Crippen molar-refractivity contribution in [2.75, 3.05) is 26.2 Å². The van der Waals surface area contributed by atoms with Crippen LogP contribution < -0.4 is 0 Å². The first-order valence-electron chi connectivity index (χ1n) is 5.88. The van der Waals surface area contributed by atoms with Gasteiger partial charge in [-0.3, -0.25) is 14.4 Å². The first-order valence-corrected chi connectivity index (χ1v) is 5.88. The number of likely N-dealkylation sites (tertiary alicyclic amines) is 1. The summed E-state index contributed by atoms with van der Waals surface area (Å²) in [5.74, 6) is 0.0269. The van der Waals surface area contributed by atoms with Crippen LogP contribution in [0.5, 0.6) is 0 Å². The summed E-state index contributed by atoms with van der Waals surface area (Å²) in [6.07, 6.45) is 2.68. The number of hydrogen-bond donors (Lipinski definition) is 0. The van der Waals surface area contributed by atoms with Crippen molar-refractivity contribution in [1.29, 1.82) is 0 Å². The average Bonchev–Trinajstić information content (AvgIpc) is 2.81. The lowest BCUT2D eigenvalue weighted by Crippen LogP contribution is -2.45. The van der Waals surface area contributed by atoms with Gasteiger partial charge in [-0.05, 0) is 19.3 Å². The second-order valence-electron chi connectivity index (χ2n) is 4.43. The Bertz CT molecular complexity index is 287. The minimum absolute atomic E-state index is 0.0449. The Morgan fingerprint density at radius 2 is 2.06 bits per heavy atom. The van der Waals surface area contributed by atoms with Crippen LogP contribution in [-0.4, -0.2) is 48.0 Å². The fourth-order valence-corrected chi connectivity index (χ4v) is 2.29. The Kier molecular flexibility index (Phi) is 3.43. The molecule has 0 aromatic carbocycles. The van der Waals surface area contributed by atoms with Crippen molar-refractivity contribution in [3.8, 4) is 0 Å². The Balaban J connectivity index is 1.93. The van der Waals surface area contributed by atoms with Crippen LogP contribution >= 0.6 is 0 Å². The van der Waals surface area contributed by atoms with E-state index in [2.05, 4.69) is 0 Å². The first kappa shape index (κ1) is 11.4. The van der Waals surface area contributed by atoms with E-state index in [0.717, 1.165) is 25.8 Å². The maximum absolute atomic E-state index is 12.0. The van der Waals surface area contributed by atoms with Crippen molar-refractivity contribution >= 4 is 11.8 Å². The summed E-state index contributed by atoms with van der Waals surface area (Å²) in [4.78, 5) is 30.3. The molecule has 1 unspecified atom stereocenters. The molecule has 2 aliphatic rings. The van der Waals surface area contributed by atoms with Gasteiger partial charge < -0.3 is 4.90 Å². The van der Waals surface area contributed by atoms with E-state index >= 15 is 0 Å². The molecule has 5 heteroatoms. The second-order valence-corrected chi connectivity index (χ2v) is 4.43. The average molecular weight is 226 g/mol. The molecule has 5 nitrogen and oxygen atoms in total. The lowest BCUT2D eigenvalue weighted by atomic mass is 9.97. The summed E-state index contributed by atoms with van der Waals surface area (Å²) in [5, 5.41) is 1.47. The molecule has 1 atom stereocenters. The SMILES string of the molecule is CC(=O)N1CCCC(C(=O)N2CCCO2)C1. The van der Waals surface area contributed by atoms with E-state index in [1.807, 2.05) is 0 Å². The second kappa shape index (κ2) is 4.82. The monoisotopic (exact) mass is 226 g/mol. The molecule has 2 fully saturated rings. The van der Waals surface area contributed by atoms with Gasteiger partial charge >= 0.3 is 0 Å². The minimum Gasteiger partial charge on any atom is -0.342 e. The Labute approximate surface area is 95.3 Å². The van der Waals surface area contributed by atoms with Crippen LogP contribution in [0.15, 0.2) is 0 Å². The number of hydroxylamine groups is 2. The van der Waals surface area contributed by atoms with E-state index in [1.54, 1.807) is 11.8 Å². The van der Waals surface area contributed by atoms with Crippen LogP contribution in [-0.2, 0) is 14.4 Å². The maximum Gasteiger partial charge on any atom is 0.251 e. The number of carbonyl (C=O) groups excluding carboxylic acids is 2. The van der Waals surface area contributed by atoms with Crippen LogP contribution in [0.2, 0.25) is 0 Å². The molecular weight excluding hydrogens is 208 g/mol. The molecule has 0 aliphatic carbocycles. The highest BCUT2D eigenvalue weighted by molar-refractivity contribution is 5.80. The molecular formula is C11H18N2O3. The van der Waals surface area contributed by atoms with Gasteiger partial charge in [-0.15, -0.1) is 0 Å². The zero-order chi connectivity index (χ0) is 11.5. The van der Waals surface area contributed by atoms with Crippen molar-refractivity contribution in [3.05, 3.63) is 0 Å². The largest absolute Gasteiger partial charge is 0.342 e. The third-order valence-corrected chi connectivity index (χ3v) is 3.21. The first-order chi connectivity index (χ1) is 7.68. The van der Waals surface area contributed by atoms with Crippen molar-refractivity contribution in [1.82, 2.24) is 9.96 Å². The highest BCUT2D eigenvalue weighted by Gasteiger charge is 2.32. The number of amides is 2. The normalized spacial score (nSPS) is 25.9. The Morgan fingerprint density at radius 1 is 1.25 bits per heavy atom. The molecule has 0 radical (unpaired) electrons. The van der Waals surface area contributed by atoms with Gasteiger partial charge in [-0.1, -0.05) is 0 Å². The van der Waals surface area contributed by atoms with Crippen molar-refractivity contribution < 1.29 is 14.4 Å². The van der Waals surface area contributed by atoms with Gasteiger partial charge in [0.1, 0.15) is 0 Å². The lowest BCUT2D eigenvalue weighted by Gasteiger charge is -2.32. The Morgan fingerprint density at radius 3 is 2.69 bits per heavy atom. The highest BCUT2D eigenvalue weighted by Crippen LogP contribution is 2.20. The molecule has 0 bridgehead atoms. The maximum atomic E-state index is 12.0. The van der Waals surface area contributed by atoms with Gasteiger partial charge in [0.05, 0.1) is 19.1 Å². The predicted octanol–water partition coefficient (Wildman–Crippen LogP) is 0.409. The summed E-state index contributed by atoms with van der Waals surface area (Å²) < 4.78 is 0. The van der Waals surface area contributed by atoms with Crippen LogP contribution in [0.3, 0.4) is 0 Å².